The van der Waals surface area contributed by atoms with Crippen molar-refractivity contribution in [1.29, 1.82) is 0 Å². The van der Waals surface area contributed by atoms with Crippen molar-refractivity contribution in [3.05, 3.63) is 64.7 Å². The number of hydrogen-bond acceptors (Lipinski definition) is 1. The van der Waals surface area contributed by atoms with Gasteiger partial charge in [-0.3, -0.25) is 0 Å². The zero-order valence-electron chi connectivity index (χ0n) is 11.4. The highest BCUT2D eigenvalue weighted by Crippen LogP contribution is 2.30. The summed E-state index contributed by atoms with van der Waals surface area (Å²) in [7, 11) is 0. The van der Waals surface area contributed by atoms with E-state index in [0.29, 0.717) is 12.2 Å². The van der Waals surface area contributed by atoms with Gasteiger partial charge in [0.25, 0.3) is 0 Å². The van der Waals surface area contributed by atoms with E-state index in [4.69, 9.17) is 0 Å². The number of rotatable bonds is 3. The van der Waals surface area contributed by atoms with Gasteiger partial charge in [-0.05, 0) is 48.7 Å². The van der Waals surface area contributed by atoms with Crippen LogP contribution < -0.4 is 5.32 Å². The van der Waals surface area contributed by atoms with E-state index in [0.717, 1.165) is 17.7 Å². The Balaban J connectivity index is 2.09. The maximum absolute atomic E-state index is 12.6. The van der Waals surface area contributed by atoms with E-state index in [-0.39, 0.29) is 0 Å². The highest BCUT2D eigenvalue weighted by molar-refractivity contribution is 5.47. The van der Waals surface area contributed by atoms with E-state index in [1.807, 2.05) is 32.0 Å². The Morgan fingerprint density at radius 2 is 1.70 bits per heavy atom. The van der Waals surface area contributed by atoms with Crippen LogP contribution in [0.15, 0.2) is 42.5 Å². The quantitative estimate of drug-likeness (QED) is 0.839. The summed E-state index contributed by atoms with van der Waals surface area (Å²) < 4.78 is 37.8. The smallest absolute Gasteiger partial charge is 0.381 e. The summed E-state index contributed by atoms with van der Waals surface area (Å²) in [5.74, 6) is 0. The molecule has 0 unspecified atom stereocenters. The van der Waals surface area contributed by atoms with Gasteiger partial charge in [0.05, 0.1) is 5.56 Å². The molecule has 0 saturated carbocycles. The van der Waals surface area contributed by atoms with Crippen LogP contribution >= 0.6 is 0 Å². The second-order valence-electron chi connectivity index (χ2n) is 4.85. The lowest BCUT2D eigenvalue weighted by Gasteiger charge is -2.11. The van der Waals surface area contributed by atoms with Gasteiger partial charge in [0.15, 0.2) is 0 Å². The van der Waals surface area contributed by atoms with Gasteiger partial charge in [0, 0.05) is 12.2 Å². The van der Waals surface area contributed by atoms with E-state index >= 15 is 0 Å². The first-order valence-electron chi connectivity index (χ1n) is 6.33. The molecule has 1 N–H and O–H groups in total. The third-order valence-electron chi connectivity index (χ3n) is 3.26. The molecule has 0 aliphatic rings. The first-order valence-corrected chi connectivity index (χ1v) is 6.33. The highest BCUT2D eigenvalue weighted by atomic mass is 19.4. The van der Waals surface area contributed by atoms with E-state index in [1.165, 1.54) is 17.2 Å². The lowest BCUT2D eigenvalue weighted by molar-refractivity contribution is -0.137. The van der Waals surface area contributed by atoms with Crippen LogP contribution in [0.25, 0.3) is 0 Å². The summed E-state index contributed by atoms with van der Waals surface area (Å²) in [4.78, 5) is 0. The lowest BCUT2D eigenvalue weighted by atomic mass is 10.1. The van der Waals surface area contributed by atoms with Gasteiger partial charge in [0.1, 0.15) is 0 Å². The zero-order chi connectivity index (χ0) is 14.8. The Morgan fingerprint density at radius 3 is 2.35 bits per heavy atom. The fraction of sp³-hybridized carbons (Fsp3) is 0.250. The van der Waals surface area contributed by atoms with Gasteiger partial charge in [-0.25, -0.2) is 0 Å². The van der Waals surface area contributed by atoms with Crippen LogP contribution in [0.5, 0.6) is 0 Å². The molecule has 0 spiro atoms. The van der Waals surface area contributed by atoms with Crippen LogP contribution in [0.4, 0.5) is 18.9 Å². The molecular weight excluding hydrogens is 263 g/mol. The van der Waals surface area contributed by atoms with Crippen molar-refractivity contribution >= 4 is 5.69 Å². The summed E-state index contributed by atoms with van der Waals surface area (Å²) >= 11 is 0. The SMILES string of the molecule is Cc1ccc(CNc2cccc(C(F)(F)F)c2)cc1C. The highest BCUT2D eigenvalue weighted by Gasteiger charge is 2.30. The molecule has 106 valence electrons. The van der Waals surface area contributed by atoms with Crippen molar-refractivity contribution in [2.24, 2.45) is 0 Å². The average Bonchev–Trinajstić information content (AvgIpc) is 2.39. The molecule has 1 nitrogen and oxygen atoms in total. The molecule has 2 aromatic rings. The number of hydrogen-bond donors (Lipinski definition) is 1. The minimum atomic E-state index is -4.31. The Morgan fingerprint density at radius 1 is 0.950 bits per heavy atom. The largest absolute Gasteiger partial charge is 0.416 e. The molecule has 2 aromatic carbocycles. The fourth-order valence-electron chi connectivity index (χ4n) is 1.92. The molecule has 0 fully saturated rings. The van der Waals surface area contributed by atoms with E-state index in [1.54, 1.807) is 6.07 Å². The summed E-state index contributed by atoms with van der Waals surface area (Å²) in [6.07, 6.45) is -4.31. The molecule has 0 aromatic heterocycles. The Labute approximate surface area is 116 Å². The van der Waals surface area contributed by atoms with Crippen molar-refractivity contribution in [2.75, 3.05) is 5.32 Å². The molecule has 20 heavy (non-hydrogen) atoms. The third-order valence-corrected chi connectivity index (χ3v) is 3.26. The van der Waals surface area contributed by atoms with Crippen LogP contribution in [-0.2, 0) is 12.7 Å². The maximum Gasteiger partial charge on any atom is 0.416 e. The van der Waals surface area contributed by atoms with Crippen LogP contribution in [0.2, 0.25) is 0 Å². The minimum absolute atomic E-state index is 0.470. The number of alkyl halides is 3. The Kier molecular flexibility index (Phi) is 4.02. The second kappa shape index (κ2) is 5.57. The molecule has 0 radical (unpaired) electrons. The van der Waals surface area contributed by atoms with Crippen LogP contribution in [0.3, 0.4) is 0 Å². The maximum atomic E-state index is 12.6. The van der Waals surface area contributed by atoms with Crippen LogP contribution in [0, 0.1) is 13.8 Å². The summed E-state index contributed by atoms with van der Waals surface area (Å²) in [5.41, 5.74) is 3.26. The van der Waals surface area contributed by atoms with Crippen molar-refractivity contribution < 1.29 is 13.2 Å². The predicted molar refractivity (Wildman–Crippen MR) is 74.7 cm³/mol. The van der Waals surface area contributed by atoms with E-state index in [9.17, 15) is 13.2 Å². The molecule has 0 aliphatic heterocycles. The molecule has 0 amide bonds. The number of halogens is 3. The standard InChI is InChI=1S/C16H16F3N/c1-11-6-7-13(8-12(11)2)10-20-15-5-3-4-14(9-15)16(17,18)19/h3-9,20H,10H2,1-2H3. The summed E-state index contributed by atoms with van der Waals surface area (Å²) in [6, 6.07) is 11.3. The normalized spacial score (nSPS) is 11.4. The predicted octanol–water partition coefficient (Wildman–Crippen LogP) is 4.93. The van der Waals surface area contributed by atoms with Gasteiger partial charge >= 0.3 is 6.18 Å². The molecule has 0 atom stereocenters. The first kappa shape index (κ1) is 14.4. The van der Waals surface area contributed by atoms with Gasteiger partial charge in [-0.1, -0.05) is 24.3 Å². The van der Waals surface area contributed by atoms with Crippen molar-refractivity contribution in [1.82, 2.24) is 0 Å². The first-order chi connectivity index (χ1) is 9.36. The number of aryl methyl sites for hydroxylation is 2. The fourth-order valence-corrected chi connectivity index (χ4v) is 1.92. The number of benzene rings is 2. The average molecular weight is 279 g/mol. The van der Waals surface area contributed by atoms with E-state index in [2.05, 4.69) is 5.32 Å². The lowest BCUT2D eigenvalue weighted by Crippen LogP contribution is -2.06. The summed E-state index contributed by atoms with van der Waals surface area (Å²) in [6.45, 7) is 4.55. The topological polar surface area (TPSA) is 12.0 Å². The second-order valence-corrected chi connectivity index (χ2v) is 4.85. The number of nitrogens with one attached hydrogen (secondary N) is 1. The van der Waals surface area contributed by atoms with Gasteiger partial charge in [0.2, 0.25) is 0 Å². The van der Waals surface area contributed by atoms with Gasteiger partial charge in [-0.15, -0.1) is 0 Å². The molecule has 0 heterocycles. The zero-order valence-corrected chi connectivity index (χ0v) is 11.4. The molecule has 2 rings (SSSR count). The Hall–Kier alpha value is -1.97. The molecule has 0 bridgehead atoms. The molecule has 0 aliphatic carbocycles. The van der Waals surface area contributed by atoms with Gasteiger partial charge in [-0.2, -0.15) is 13.2 Å². The van der Waals surface area contributed by atoms with Gasteiger partial charge < -0.3 is 5.32 Å². The third kappa shape index (κ3) is 3.53. The molecular formula is C16H16F3N. The number of anilines is 1. The van der Waals surface area contributed by atoms with Crippen molar-refractivity contribution in [3.63, 3.8) is 0 Å². The monoisotopic (exact) mass is 279 g/mol. The summed E-state index contributed by atoms with van der Waals surface area (Å²) in [5, 5.41) is 3.02. The Bertz CT molecular complexity index is 603. The molecule has 0 saturated heterocycles. The van der Waals surface area contributed by atoms with Crippen molar-refractivity contribution in [2.45, 2.75) is 26.6 Å². The molecule has 4 heteroatoms. The van der Waals surface area contributed by atoms with E-state index < -0.39 is 11.7 Å². The van der Waals surface area contributed by atoms with Crippen molar-refractivity contribution in [3.8, 4) is 0 Å². The van der Waals surface area contributed by atoms with Crippen LogP contribution in [0.1, 0.15) is 22.3 Å². The minimum Gasteiger partial charge on any atom is -0.381 e. The van der Waals surface area contributed by atoms with Crippen LogP contribution in [-0.4, -0.2) is 0 Å².